The van der Waals surface area contributed by atoms with E-state index in [1.54, 1.807) is 38.5 Å². The van der Waals surface area contributed by atoms with Crippen LogP contribution in [0, 0.1) is 0 Å². The van der Waals surface area contributed by atoms with Crippen LogP contribution in [0.4, 0.5) is 5.69 Å². The Labute approximate surface area is 117 Å². The van der Waals surface area contributed by atoms with Crippen LogP contribution in [0.25, 0.3) is 0 Å². The van der Waals surface area contributed by atoms with Gasteiger partial charge in [-0.25, -0.2) is 4.90 Å². The van der Waals surface area contributed by atoms with Gasteiger partial charge in [0.2, 0.25) is 5.91 Å². The van der Waals surface area contributed by atoms with Gasteiger partial charge in [0.1, 0.15) is 5.75 Å². The zero-order valence-electron chi connectivity index (χ0n) is 11.6. The molecule has 20 heavy (non-hydrogen) atoms. The summed E-state index contributed by atoms with van der Waals surface area (Å²) < 4.78 is 9.97. The Bertz CT molecular complexity index is 486. The third-order valence-electron chi connectivity index (χ3n) is 3.17. The lowest BCUT2D eigenvalue weighted by atomic mass is 10.2. The van der Waals surface area contributed by atoms with Gasteiger partial charge in [-0.1, -0.05) is 0 Å². The number of rotatable bonds is 6. The molecule has 108 valence electrons. The molecular formula is C14H18N2O4. The van der Waals surface area contributed by atoms with Crippen molar-refractivity contribution in [2.24, 2.45) is 0 Å². The highest BCUT2D eigenvalue weighted by atomic mass is 16.5. The van der Waals surface area contributed by atoms with Gasteiger partial charge in [0.25, 0.3) is 5.91 Å². The summed E-state index contributed by atoms with van der Waals surface area (Å²) >= 11 is 0. The van der Waals surface area contributed by atoms with Gasteiger partial charge in [0.15, 0.2) is 0 Å². The van der Waals surface area contributed by atoms with Crippen molar-refractivity contribution in [3.63, 3.8) is 0 Å². The molecule has 1 fully saturated rings. The quantitative estimate of drug-likeness (QED) is 0.608. The molecule has 0 bridgehead atoms. The number of nitrogens with zero attached hydrogens (tertiary/aromatic N) is 1. The van der Waals surface area contributed by atoms with Crippen molar-refractivity contribution < 1.29 is 19.1 Å². The fourth-order valence-corrected chi connectivity index (χ4v) is 2.13. The van der Waals surface area contributed by atoms with Crippen LogP contribution in [0.3, 0.4) is 0 Å². The maximum atomic E-state index is 12.2. The van der Waals surface area contributed by atoms with Gasteiger partial charge in [-0.2, -0.15) is 0 Å². The van der Waals surface area contributed by atoms with E-state index in [2.05, 4.69) is 5.32 Å². The van der Waals surface area contributed by atoms with E-state index in [0.29, 0.717) is 24.6 Å². The van der Waals surface area contributed by atoms with Crippen LogP contribution in [0.1, 0.15) is 6.42 Å². The molecule has 1 heterocycles. The summed E-state index contributed by atoms with van der Waals surface area (Å²) in [4.78, 5) is 25.4. The molecule has 2 rings (SSSR count). The fraction of sp³-hybridized carbons (Fsp3) is 0.429. The maximum Gasteiger partial charge on any atom is 0.251 e. The Kier molecular flexibility index (Phi) is 4.70. The standard InChI is InChI=1S/C14H18N2O4/c1-19-8-7-15-12-9-13(17)16(14(12)18)10-3-5-11(20-2)6-4-10/h3-6,12,15H,7-9H2,1-2H3. The molecule has 0 radical (unpaired) electrons. The molecule has 1 N–H and O–H groups in total. The number of carbonyl (C=O) groups excluding carboxylic acids is 2. The largest absolute Gasteiger partial charge is 0.497 e. The number of anilines is 1. The summed E-state index contributed by atoms with van der Waals surface area (Å²) in [5.41, 5.74) is 0.567. The first-order valence-electron chi connectivity index (χ1n) is 6.40. The highest BCUT2D eigenvalue weighted by molar-refractivity contribution is 6.22. The average molecular weight is 278 g/mol. The Morgan fingerprint density at radius 2 is 1.95 bits per heavy atom. The van der Waals surface area contributed by atoms with Crippen molar-refractivity contribution in [1.29, 1.82) is 0 Å². The first kappa shape index (κ1) is 14.5. The molecule has 0 saturated carbocycles. The molecule has 1 aliphatic heterocycles. The number of imide groups is 1. The topological polar surface area (TPSA) is 67.9 Å². The summed E-state index contributed by atoms with van der Waals surface area (Å²) in [7, 11) is 3.16. The van der Waals surface area contributed by atoms with E-state index in [1.165, 1.54) is 4.90 Å². The molecular weight excluding hydrogens is 260 g/mol. The Balaban J connectivity index is 2.07. The number of hydrogen-bond acceptors (Lipinski definition) is 5. The molecule has 1 atom stereocenters. The smallest absolute Gasteiger partial charge is 0.251 e. The van der Waals surface area contributed by atoms with Gasteiger partial charge < -0.3 is 14.8 Å². The maximum absolute atomic E-state index is 12.2. The van der Waals surface area contributed by atoms with Crippen molar-refractivity contribution in [3.8, 4) is 5.75 Å². The van der Waals surface area contributed by atoms with Gasteiger partial charge in [-0.15, -0.1) is 0 Å². The lowest BCUT2D eigenvalue weighted by Crippen LogP contribution is -2.40. The molecule has 0 aromatic heterocycles. The third kappa shape index (κ3) is 2.97. The van der Waals surface area contributed by atoms with Crippen LogP contribution in [-0.2, 0) is 14.3 Å². The van der Waals surface area contributed by atoms with Gasteiger partial charge >= 0.3 is 0 Å². The normalized spacial score (nSPS) is 18.7. The van der Waals surface area contributed by atoms with Crippen LogP contribution in [-0.4, -0.2) is 45.2 Å². The highest BCUT2D eigenvalue weighted by Crippen LogP contribution is 2.24. The molecule has 1 saturated heterocycles. The predicted molar refractivity (Wildman–Crippen MR) is 73.8 cm³/mol. The lowest BCUT2D eigenvalue weighted by molar-refractivity contribution is -0.121. The van der Waals surface area contributed by atoms with Crippen LogP contribution in [0.2, 0.25) is 0 Å². The minimum Gasteiger partial charge on any atom is -0.497 e. The van der Waals surface area contributed by atoms with Gasteiger partial charge in [0, 0.05) is 13.7 Å². The summed E-state index contributed by atoms with van der Waals surface area (Å²) in [5, 5.41) is 3.02. The third-order valence-corrected chi connectivity index (χ3v) is 3.17. The number of methoxy groups -OCH3 is 2. The summed E-state index contributed by atoms with van der Waals surface area (Å²) in [5.74, 6) is 0.258. The Morgan fingerprint density at radius 1 is 1.25 bits per heavy atom. The van der Waals surface area contributed by atoms with E-state index >= 15 is 0 Å². The number of benzene rings is 1. The molecule has 0 spiro atoms. The van der Waals surface area contributed by atoms with Gasteiger partial charge in [-0.3, -0.25) is 9.59 Å². The van der Waals surface area contributed by atoms with E-state index in [9.17, 15) is 9.59 Å². The van der Waals surface area contributed by atoms with Crippen molar-refractivity contribution in [2.75, 3.05) is 32.3 Å². The summed E-state index contributed by atoms with van der Waals surface area (Å²) in [6.45, 7) is 1.04. The van der Waals surface area contributed by atoms with Crippen LogP contribution in [0.5, 0.6) is 5.75 Å². The summed E-state index contributed by atoms with van der Waals surface area (Å²) in [6, 6.07) is 6.38. The molecule has 2 amide bonds. The number of hydrogen-bond donors (Lipinski definition) is 1. The highest BCUT2D eigenvalue weighted by Gasteiger charge is 2.39. The first-order chi connectivity index (χ1) is 9.67. The average Bonchev–Trinajstić information content (AvgIpc) is 2.74. The van der Waals surface area contributed by atoms with Gasteiger partial charge in [0.05, 0.1) is 31.9 Å². The second kappa shape index (κ2) is 6.49. The fourth-order valence-electron chi connectivity index (χ4n) is 2.13. The van der Waals surface area contributed by atoms with E-state index < -0.39 is 6.04 Å². The van der Waals surface area contributed by atoms with Crippen LogP contribution >= 0.6 is 0 Å². The van der Waals surface area contributed by atoms with E-state index in [-0.39, 0.29) is 18.2 Å². The second-order valence-corrected chi connectivity index (χ2v) is 4.47. The van der Waals surface area contributed by atoms with Crippen molar-refractivity contribution in [3.05, 3.63) is 24.3 Å². The number of ether oxygens (including phenoxy) is 2. The predicted octanol–water partition coefficient (Wildman–Crippen LogP) is 0.563. The number of amides is 2. The minimum absolute atomic E-state index is 0.175. The Hall–Kier alpha value is -1.92. The molecule has 1 aromatic carbocycles. The van der Waals surface area contributed by atoms with E-state index in [4.69, 9.17) is 9.47 Å². The van der Waals surface area contributed by atoms with Crippen molar-refractivity contribution in [2.45, 2.75) is 12.5 Å². The van der Waals surface area contributed by atoms with Crippen LogP contribution < -0.4 is 15.0 Å². The first-order valence-corrected chi connectivity index (χ1v) is 6.40. The molecule has 1 unspecified atom stereocenters. The number of carbonyl (C=O) groups is 2. The monoisotopic (exact) mass is 278 g/mol. The molecule has 1 aliphatic rings. The van der Waals surface area contributed by atoms with Crippen molar-refractivity contribution in [1.82, 2.24) is 5.32 Å². The Morgan fingerprint density at radius 3 is 2.55 bits per heavy atom. The van der Waals surface area contributed by atoms with E-state index in [1.807, 2.05) is 0 Å². The van der Waals surface area contributed by atoms with Crippen molar-refractivity contribution >= 4 is 17.5 Å². The molecule has 0 aliphatic carbocycles. The second-order valence-electron chi connectivity index (χ2n) is 4.47. The minimum atomic E-state index is -0.472. The van der Waals surface area contributed by atoms with Crippen LogP contribution in [0.15, 0.2) is 24.3 Å². The SMILES string of the molecule is COCCNC1CC(=O)N(c2ccc(OC)cc2)C1=O. The lowest BCUT2D eigenvalue weighted by Gasteiger charge is -2.15. The molecule has 1 aromatic rings. The number of nitrogens with one attached hydrogen (secondary N) is 1. The zero-order valence-corrected chi connectivity index (χ0v) is 11.6. The van der Waals surface area contributed by atoms with E-state index in [0.717, 1.165) is 0 Å². The molecule has 6 heteroatoms. The van der Waals surface area contributed by atoms with Gasteiger partial charge in [-0.05, 0) is 24.3 Å². The molecule has 6 nitrogen and oxygen atoms in total. The summed E-state index contributed by atoms with van der Waals surface area (Å²) in [6.07, 6.45) is 0.175. The zero-order chi connectivity index (χ0) is 14.5.